The summed E-state index contributed by atoms with van der Waals surface area (Å²) in [5.74, 6) is 1.31. The molecule has 1 aromatic rings. The molecular formula is C18H26N2O2S. The summed E-state index contributed by atoms with van der Waals surface area (Å²) in [6.45, 7) is 0.726. The molecule has 2 N–H and O–H groups in total. The van der Waals surface area contributed by atoms with E-state index in [9.17, 15) is 9.00 Å². The molecule has 126 valence electrons. The molecule has 1 aliphatic carbocycles. The van der Waals surface area contributed by atoms with Gasteiger partial charge in [0.05, 0.1) is 0 Å². The van der Waals surface area contributed by atoms with Crippen LogP contribution in [0.15, 0.2) is 30.3 Å². The molecule has 23 heavy (non-hydrogen) atoms. The number of urea groups is 1. The Hall–Kier alpha value is -1.36. The van der Waals surface area contributed by atoms with Crippen LogP contribution in [0.5, 0.6) is 0 Å². The molecule has 1 saturated carbocycles. The molecule has 5 heteroatoms. The molecule has 2 aliphatic rings. The van der Waals surface area contributed by atoms with Crippen molar-refractivity contribution in [3.8, 4) is 0 Å². The second-order valence-electron chi connectivity index (χ2n) is 6.99. The Morgan fingerprint density at radius 3 is 2.61 bits per heavy atom. The lowest BCUT2D eigenvalue weighted by atomic mass is 9.80. The van der Waals surface area contributed by atoms with Crippen LogP contribution >= 0.6 is 0 Å². The normalized spacial score (nSPS) is 26.1. The predicted molar refractivity (Wildman–Crippen MR) is 93.9 cm³/mol. The standard InChI is InChI=1S/C18H26N2O2S/c21-17(20-16-8-11-23(22)13-16)19-14-18(9-4-5-10-18)12-15-6-2-1-3-7-15/h1-3,6-7,16H,4-5,8-14H2,(H2,19,20,21). The van der Waals surface area contributed by atoms with Crippen molar-refractivity contribution in [2.75, 3.05) is 18.1 Å². The largest absolute Gasteiger partial charge is 0.338 e. The Morgan fingerprint density at radius 1 is 1.22 bits per heavy atom. The van der Waals surface area contributed by atoms with Gasteiger partial charge in [0.2, 0.25) is 0 Å². The molecule has 2 atom stereocenters. The first-order valence-electron chi connectivity index (χ1n) is 8.59. The van der Waals surface area contributed by atoms with Gasteiger partial charge in [0.1, 0.15) is 0 Å². The highest BCUT2D eigenvalue weighted by Gasteiger charge is 2.34. The lowest BCUT2D eigenvalue weighted by molar-refractivity contribution is 0.224. The van der Waals surface area contributed by atoms with E-state index in [0.717, 1.165) is 19.4 Å². The summed E-state index contributed by atoms with van der Waals surface area (Å²) in [6, 6.07) is 10.5. The minimum Gasteiger partial charge on any atom is -0.338 e. The van der Waals surface area contributed by atoms with Crippen LogP contribution in [0.4, 0.5) is 4.79 Å². The Balaban J connectivity index is 1.53. The Kier molecular flexibility index (Phi) is 5.36. The Bertz CT molecular complexity index is 555. The number of nitrogens with one attached hydrogen (secondary N) is 2. The molecule has 2 fully saturated rings. The third-order valence-electron chi connectivity index (χ3n) is 5.13. The van der Waals surface area contributed by atoms with E-state index >= 15 is 0 Å². The third-order valence-corrected chi connectivity index (χ3v) is 6.59. The summed E-state index contributed by atoms with van der Waals surface area (Å²) >= 11 is 0. The van der Waals surface area contributed by atoms with Crippen molar-refractivity contribution in [1.82, 2.24) is 10.6 Å². The van der Waals surface area contributed by atoms with Gasteiger partial charge in [0, 0.05) is 34.9 Å². The maximum absolute atomic E-state index is 12.1. The van der Waals surface area contributed by atoms with Crippen molar-refractivity contribution >= 4 is 16.8 Å². The molecular weight excluding hydrogens is 308 g/mol. The number of amides is 2. The maximum atomic E-state index is 12.1. The summed E-state index contributed by atoms with van der Waals surface area (Å²) in [5.41, 5.74) is 1.54. The van der Waals surface area contributed by atoms with Crippen LogP contribution in [0.1, 0.15) is 37.7 Å². The van der Waals surface area contributed by atoms with Gasteiger partial charge in [-0.15, -0.1) is 0 Å². The second-order valence-corrected chi connectivity index (χ2v) is 8.61. The van der Waals surface area contributed by atoms with E-state index in [1.165, 1.54) is 31.2 Å². The van der Waals surface area contributed by atoms with Crippen LogP contribution in [-0.4, -0.2) is 34.3 Å². The highest BCUT2D eigenvalue weighted by Crippen LogP contribution is 2.40. The number of carbonyl (C=O) groups excluding carboxylic acids is 1. The summed E-state index contributed by atoms with van der Waals surface area (Å²) in [4.78, 5) is 12.1. The molecule has 1 saturated heterocycles. The van der Waals surface area contributed by atoms with Gasteiger partial charge in [-0.3, -0.25) is 4.21 Å². The van der Waals surface area contributed by atoms with Crippen LogP contribution in [0, 0.1) is 5.41 Å². The van der Waals surface area contributed by atoms with Crippen LogP contribution in [0.2, 0.25) is 0 Å². The minimum absolute atomic E-state index is 0.0736. The third kappa shape index (κ3) is 4.56. The number of benzene rings is 1. The van der Waals surface area contributed by atoms with Gasteiger partial charge < -0.3 is 10.6 Å². The highest BCUT2D eigenvalue weighted by molar-refractivity contribution is 7.85. The zero-order chi connectivity index (χ0) is 16.1. The van der Waals surface area contributed by atoms with Gasteiger partial charge in [-0.25, -0.2) is 4.79 Å². The fraction of sp³-hybridized carbons (Fsp3) is 0.611. The number of carbonyl (C=O) groups is 1. The molecule has 0 radical (unpaired) electrons. The number of rotatable bonds is 5. The lowest BCUT2D eigenvalue weighted by Gasteiger charge is -2.30. The van der Waals surface area contributed by atoms with E-state index in [-0.39, 0.29) is 17.5 Å². The van der Waals surface area contributed by atoms with Gasteiger partial charge >= 0.3 is 6.03 Å². The van der Waals surface area contributed by atoms with Crippen molar-refractivity contribution in [2.24, 2.45) is 5.41 Å². The fourth-order valence-corrected chi connectivity index (χ4v) is 5.27. The molecule has 1 heterocycles. The molecule has 2 unspecified atom stereocenters. The molecule has 0 aromatic heterocycles. The van der Waals surface area contributed by atoms with Gasteiger partial charge in [-0.05, 0) is 36.7 Å². The number of hydrogen-bond acceptors (Lipinski definition) is 2. The van der Waals surface area contributed by atoms with Crippen molar-refractivity contribution in [3.63, 3.8) is 0 Å². The molecule has 0 bridgehead atoms. The average molecular weight is 334 g/mol. The molecule has 2 amide bonds. The highest BCUT2D eigenvalue weighted by atomic mass is 32.2. The van der Waals surface area contributed by atoms with Crippen molar-refractivity contribution in [3.05, 3.63) is 35.9 Å². The van der Waals surface area contributed by atoms with E-state index in [1.54, 1.807) is 0 Å². The average Bonchev–Trinajstić information content (AvgIpc) is 3.16. The first kappa shape index (κ1) is 16.5. The van der Waals surface area contributed by atoms with E-state index in [2.05, 4.69) is 34.9 Å². The van der Waals surface area contributed by atoms with Crippen LogP contribution in [-0.2, 0) is 17.2 Å². The SMILES string of the molecule is O=C(NCC1(Cc2ccccc2)CCCC1)NC1CCS(=O)C1. The van der Waals surface area contributed by atoms with Crippen LogP contribution in [0.3, 0.4) is 0 Å². The van der Waals surface area contributed by atoms with E-state index < -0.39 is 10.8 Å². The first-order chi connectivity index (χ1) is 11.2. The summed E-state index contributed by atoms with van der Waals surface area (Å²) < 4.78 is 11.4. The van der Waals surface area contributed by atoms with E-state index in [1.807, 2.05) is 6.07 Å². The molecule has 3 rings (SSSR count). The quantitative estimate of drug-likeness (QED) is 0.869. The summed E-state index contributed by atoms with van der Waals surface area (Å²) in [6.07, 6.45) is 6.71. The zero-order valence-electron chi connectivity index (χ0n) is 13.6. The monoisotopic (exact) mass is 334 g/mol. The molecule has 1 aromatic carbocycles. The fourth-order valence-electron chi connectivity index (χ4n) is 3.85. The van der Waals surface area contributed by atoms with Gasteiger partial charge in [0.15, 0.2) is 0 Å². The van der Waals surface area contributed by atoms with Gasteiger partial charge in [-0.1, -0.05) is 43.2 Å². The van der Waals surface area contributed by atoms with Crippen LogP contribution in [0.25, 0.3) is 0 Å². The Morgan fingerprint density at radius 2 is 1.96 bits per heavy atom. The molecule has 4 nitrogen and oxygen atoms in total. The molecule has 0 spiro atoms. The summed E-state index contributed by atoms with van der Waals surface area (Å²) in [5, 5.41) is 6.05. The van der Waals surface area contributed by atoms with E-state index in [0.29, 0.717) is 11.5 Å². The smallest absolute Gasteiger partial charge is 0.315 e. The maximum Gasteiger partial charge on any atom is 0.315 e. The summed E-state index contributed by atoms with van der Waals surface area (Å²) in [7, 11) is -0.753. The van der Waals surface area contributed by atoms with Crippen molar-refractivity contribution in [2.45, 2.75) is 44.6 Å². The van der Waals surface area contributed by atoms with E-state index in [4.69, 9.17) is 0 Å². The minimum atomic E-state index is -0.753. The van der Waals surface area contributed by atoms with Crippen molar-refractivity contribution < 1.29 is 9.00 Å². The zero-order valence-corrected chi connectivity index (χ0v) is 14.4. The van der Waals surface area contributed by atoms with Gasteiger partial charge in [-0.2, -0.15) is 0 Å². The Labute approximate surface area is 140 Å². The van der Waals surface area contributed by atoms with Crippen molar-refractivity contribution in [1.29, 1.82) is 0 Å². The van der Waals surface area contributed by atoms with Gasteiger partial charge in [0.25, 0.3) is 0 Å². The predicted octanol–water partition coefficient (Wildman–Crippen LogP) is 2.61. The topological polar surface area (TPSA) is 58.2 Å². The molecule has 1 aliphatic heterocycles. The van der Waals surface area contributed by atoms with Crippen LogP contribution < -0.4 is 10.6 Å². The second kappa shape index (κ2) is 7.47. The first-order valence-corrected chi connectivity index (χ1v) is 10.1. The number of hydrogen-bond donors (Lipinski definition) is 2. The lowest BCUT2D eigenvalue weighted by Crippen LogP contribution is -2.46.